The van der Waals surface area contributed by atoms with Gasteiger partial charge in [-0.2, -0.15) is 10.5 Å². The van der Waals surface area contributed by atoms with Crippen LogP contribution in [0, 0.1) is 47.3 Å². The van der Waals surface area contributed by atoms with Crippen LogP contribution in [0.15, 0.2) is 42.0 Å². The molecule has 1 saturated carbocycles. The molecule has 0 amide bonds. The van der Waals surface area contributed by atoms with Gasteiger partial charge in [0.1, 0.15) is 11.8 Å². The highest BCUT2D eigenvalue weighted by atomic mass is 16.1. The SMILES string of the molecule is C/C(C(=N)C#N)=C(/N)c1cc(C(=O)C2(C)CCC(c3ccc(C#N)cc3)C2)c(C)cc1C. The van der Waals surface area contributed by atoms with E-state index in [0.717, 1.165) is 30.4 Å². The molecule has 32 heavy (non-hydrogen) atoms. The Hall–Kier alpha value is -3.70. The van der Waals surface area contributed by atoms with Gasteiger partial charge in [0.15, 0.2) is 5.78 Å². The Morgan fingerprint density at radius 2 is 1.75 bits per heavy atom. The highest BCUT2D eigenvalue weighted by molar-refractivity contribution is 6.13. The number of ketones is 1. The molecule has 2 aromatic carbocycles. The number of aryl methyl sites for hydroxylation is 2. The average Bonchev–Trinajstić information content (AvgIpc) is 3.20. The molecule has 0 bridgehead atoms. The van der Waals surface area contributed by atoms with Gasteiger partial charge in [0.2, 0.25) is 0 Å². The Labute approximate surface area is 189 Å². The number of Topliss-reactive ketones (excluding diaryl/α,β-unsaturated/α-hetero) is 1. The van der Waals surface area contributed by atoms with E-state index in [9.17, 15) is 4.79 Å². The molecule has 1 aliphatic rings. The van der Waals surface area contributed by atoms with Gasteiger partial charge in [0, 0.05) is 27.8 Å². The zero-order valence-corrected chi connectivity index (χ0v) is 19.0. The van der Waals surface area contributed by atoms with E-state index < -0.39 is 5.41 Å². The third kappa shape index (κ3) is 4.20. The molecule has 1 fully saturated rings. The van der Waals surface area contributed by atoms with Crippen LogP contribution < -0.4 is 5.73 Å². The standard InChI is InChI=1S/C27H28N4O/c1-16-11-17(2)23(12-22(16)25(31)18(3)24(30)15-29)26(32)27(4)10-9-21(13-27)20-7-5-19(14-28)6-8-20/h5-8,11-12,21,30H,9-10,13,31H2,1-4H3/b25-18-,30-24?. The predicted molar refractivity (Wildman–Crippen MR) is 126 cm³/mol. The molecule has 5 nitrogen and oxygen atoms in total. The predicted octanol–water partition coefficient (Wildman–Crippen LogP) is 5.56. The van der Waals surface area contributed by atoms with Gasteiger partial charge >= 0.3 is 0 Å². The van der Waals surface area contributed by atoms with Crippen LogP contribution in [-0.4, -0.2) is 11.5 Å². The van der Waals surface area contributed by atoms with Gasteiger partial charge in [0.25, 0.3) is 0 Å². The first-order valence-corrected chi connectivity index (χ1v) is 10.7. The lowest BCUT2D eigenvalue weighted by Crippen LogP contribution is -2.26. The summed E-state index contributed by atoms with van der Waals surface area (Å²) in [4.78, 5) is 13.7. The van der Waals surface area contributed by atoms with E-state index in [2.05, 4.69) is 6.07 Å². The number of hydrogen-bond acceptors (Lipinski definition) is 5. The molecule has 0 aliphatic heterocycles. The molecule has 5 heteroatoms. The summed E-state index contributed by atoms with van der Waals surface area (Å²) in [5.41, 5.74) is 11.4. The lowest BCUT2D eigenvalue weighted by atomic mass is 9.77. The van der Waals surface area contributed by atoms with E-state index in [-0.39, 0.29) is 17.4 Å². The number of rotatable bonds is 5. The zero-order valence-electron chi connectivity index (χ0n) is 19.0. The fourth-order valence-electron chi connectivity index (χ4n) is 4.69. The van der Waals surface area contributed by atoms with Gasteiger partial charge in [-0.05, 0) is 80.8 Å². The molecule has 0 spiro atoms. The van der Waals surface area contributed by atoms with Crippen LogP contribution in [0.4, 0.5) is 0 Å². The quantitative estimate of drug-likeness (QED) is 0.482. The van der Waals surface area contributed by atoms with E-state index in [1.807, 2.05) is 63.2 Å². The Balaban J connectivity index is 1.94. The monoisotopic (exact) mass is 424 g/mol. The lowest BCUT2D eigenvalue weighted by Gasteiger charge is -2.25. The maximum Gasteiger partial charge on any atom is 0.169 e. The van der Waals surface area contributed by atoms with E-state index in [1.54, 1.807) is 6.92 Å². The summed E-state index contributed by atoms with van der Waals surface area (Å²) in [6.45, 7) is 7.55. The summed E-state index contributed by atoms with van der Waals surface area (Å²) in [6, 6.07) is 15.4. The molecule has 3 rings (SSSR count). The topological polar surface area (TPSA) is 115 Å². The molecule has 2 aromatic rings. The van der Waals surface area contributed by atoms with Crippen molar-refractivity contribution < 1.29 is 4.79 Å². The average molecular weight is 425 g/mol. The van der Waals surface area contributed by atoms with E-state index >= 15 is 0 Å². The third-order valence-electron chi connectivity index (χ3n) is 6.80. The van der Waals surface area contributed by atoms with Crippen molar-refractivity contribution in [3.8, 4) is 12.1 Å². The van der Waals surface area contributed by atoms with Crippen molar-refractivity contribution in [1.29, 1.82) is 15.9 Å². The summed E-state index contributed by atoms with van der Waals surface area (Å²) < 4.78 is 0. The molecule has 0 saturated heterocycles. The van der Waals surface area contributed by atoms with Crippen molar-refractivity contribution in [3.05, 3.63) is 75.4 Å². The zero-order chi connectivity index (χ0) is 23.6. The number of benzene rings is 2. The first kappa shape index (κ1) is 23.0. The minimum Gasteiger partial charge on any atom is -0.398 e. The highest BCUT2D eigenvalue weighted by Crippen LogP contribution is 2.48. The summed E-state index contributed by atoms with van der Waals surface area (Å²) in [6.07, 6.45) is 2.47. The number of nitrogens with one attached hydrogen (secondary N) is 1. The van der Waals surface area contributed by atoms with Gasteiger partial charge in [-0.25, -0.2) is 0 Å². The molecule has 0 aromatic heterocycles. The smallest absolute Gasteiger partial charge is 0.169 e. The third-order valence-corrected chi connectivity index (χ3v) is 6.80. The Kier molecular flexibility index (Phi) is 6.32. The number of allylic oxidation sites excluding steroid dienone is 1. The van der Waals surface area contributed by atoms with Crippen LogP contribution in [0.3, 0.4) is 0 Å². The number of hydrogen-bond donors (Lipinski definition) is 2. The normalized spacial score (nSPS) is 20.8. The molecule has 1 aliphatic carbocycles. The summed E-state index contributed by atoms with van der Waals surface area (Å²) in [5.74, 6) is 0.387. The number of nitriles is 2. The molecule has 0 radical (unpaired) electrons. The molecule has 162 valence electrons. The molecular weight excluding hydrogens is 396 g/mol. The fourth-order valence-corrected chi connectivity index (χ4v) is 4.69. The maximum atomic E-state index is 13.7. The van der Waals surface area contributed by atoms with E-state index in [0.29, 0.717) is 28.0 Å². The van der Waals surface area contributed by atoms with Crippen molar-refractivity contribution in [1.82, 2.24) is 0 Å². The Bertz CT molecular complexity index is 1210. The molecule has 0 heterocycles. The van der Waals surface area contributed by atoms with E-state index in [1.165, 1.54) is 5.56 Å². The van der Waals surface area contributed by atoms with Gasteiger partial charge in [-0.3, -0.25) is 10.2 Å². The second-order valence-electron chi connectivity index (χ2n) is 9.07. The summed E-state index contributed by atoms with van der Waals surface area (Å²) in [5, 5.41) is 25.9. The number of nitrogens with two attached hydrogens (primary N) is 1. The van der Waals surface area contributed by atoms with Crippen molar-refractivity contribution in [3.63, 3.8) is 0 Å². The molecule has 2 atom stereocenters. The van der Waals surface area contributed by atoms with Gasteiger partial charge in [-0.1, -0.05) is 25.1 Å². The second-order valence-corrected chi connectivity index (χ2v) is 9.07. The van der Waals surface area contributed by atoms with Crippen LogP contribution in [0.1, 0.15) is 77.2 Å². The van der Waals surface area contributed by atoms with Crippen LogP contribution >= 0.6 is 0 Å². The number of carbonyl (C=O) groups is 1. The maximum absolute atomic E-state index is 13.7. The first-order valence-electron chi connectivity index (χ1n) is 10.7. The van der Waals surface area contributed by atoms with Crippen LogP contribution in [0.5, 0.6) is 0 Å². The van der Waals surface area contributed by atoms with Gasteiger partial charge in [-0.15, -0.1) is 0 Å². The Morgan fingerprint density at radius 1 is 1.12 bits per heavy atom. The molecule has 3 N–H and O–H groups in total. The molecular formula is C27H28N4O. The van der Waals surface area contributed by atoms with Gasteiger partial charge < -0.3 is 5.73 Å². The first-order chi connectivity index (χ1) is 15.1. The van der Waals surface area contributed by atoms with Crippen molar-refractivity contribution in [2.75, 3.05) is 0 Å². The van der Waals surface area contributed by atoms with Crippen molar-refractivity contribution in [2.24, 2.45) is 11.1 Å². The minimum absolute atomic E-state index is 0.105. The number of carbonyl (C=O) groups excluding carboxylic acids is 1. The Morgan fingerprint density at radius 3 is 2.34 bits per heavy atom. The summed E-state index contributed by atoms with van der Waals surface area (Å²) >= 11 is 0. The minimum atomic E-state index is -0.483. The second kappa shape index (κ2) is 8.81. The largest absolute Gasteiger partial charge is 0.398 e. The summed E-state index contributed by atoms with van der Waals surface area (Å²) in [7, 11) is 0. The number of nitrogens with zero attached hydrogens (tertiary/aromatic N) is 2. The van der Waals surface area contributed by atoms with Crippen molar-refractivity contribution >= 4 is 17.2 Å². The molecule has 2 unspecified atom stereocenters. The lowest BCUT2D eigenvalue weighted by molar-refractivity contribution is 0.0820. The fraction of sp³-hybridized carbons (Fsp3) is 0.333. The van der Waals surface area contributed by atoms with Crippen LogP contribution in [0.2, 0.25) is 0 Å². The van der Waals surface area contributed by atoms with Crippen LogP contribution in [0.25, 0.3) is 5.70 Å². The van der Waals surface area contributed by atoms with E-state index in [4.69, 9.17) is 21.7 Å². The highest BCUT2D eigenvalue weighted by Gasteiger charge is 2.42. The van der Waals surface area contributed by atoms with Gasteiger partial charge in [0.05, 0.1) is 11.6 Å². The van der Waals surface area contributed by atoms with Crippen molar-refractivity contribution in [2.45, 2.75) is 52.9 Å². The van der Waals surface area contributed by atoms with Crippen LogP contribution in [-0.2, 0) is 0 Å².